The van der Waals surface area contributed by atoms with Crippen molar-refractivity contribution in [1.82, 2.24) is 0 Å². The number of ether oxygens (including phenoxy) is 2. The third-order valence-electron chi connectivity index (χ3n) is 2.76. The van der Waals surface area contributed by atoms with Crippen molar-refractivity contribution in [2.75, 3.05) is 13.4 Å². The normalized spacial score (nSPS) is 11.8. The van der Waals surface area contributed by atoms with E-state index in [1.165, 1.54) is 12.1 Å². The highest BCUT2D eigenvalue weighted by Crippen LogP contribution is 2.13. The average molecular weight is 286 g/mol. The molecule has 0 spiro atoms. The first-order valence-electron chi connectivity index (χ1n) is 6.46. The van der Waals surface area contributed by atoms with E-state index in [-0.39, 0.29) is 25.8 Å². The lowest BCUT2D eigenvalue weighted by atomic mass is 10.1. The minimum absolute atomic E-state index is 0.116. The van der Waals surface area contributed by atoms with Gasteiger partial charge in [-0.25, -0.2) is 4.39 Å². The summed E-state index contributed by atoms with van der Waals surface area (Å²) < 4.78 is 23.8. The van der Waals surface area contributed by atoms with E-state index >= 15 is 0 Å². The lowest BCUT2D eigenvalue weighted by Crippen LogP contribution is -2.22. The largest absolute Gasteiger partial charge is 0.392 e. The Hall–Kier alpha value is -0.753. The molecule has 1 N–H and O–H groups in total. The van der Waals surface area contributed by atoms with Gasteiger partial charge in [0.05, 0.1) is 13.2 Å². The molecule has 0 atom stereocenters. The molecule has 0 aliphatic heterocycles. The maximum atomic E-state index is 13.1. The summed E-state index contributed by atoms with van der Waals surface area (Å²) in [6.45, 7) is 7.90. The van der Waals surface area contributed by atoms with E-state index in [0.717, 1.165) is 6.04 Å². The van der Waals surface area contributed by atoms with Crippen LogP contribution >= 0.6 is 0 Å². The second kappa shape index (κ2) is 7.74. The molecule has 0 radical (unpaired) electrons. The van der Waals surface area contributed by atoms with E-state index in [1.54, 1.807) is 6.07 Å². The van der Waals surface area contributed by atoms with Crippen LogP contribution in [-0.4, -0.2) is 26.6 Å². The van der Waals surface area contributed by atoms with Crippen LogP contribution < -0.4 is 0 Å². The first-order valence-corrected chi connectivity index (χ1v) is 10.2. The van der Waals surface area contributed by atoms with Gasteiger partial charge >= 0.3 is 0 Å². The van der Waals surface area contributed by atoms with Gasteiger partial charge in [0.15, 0.2) is 0 Å². The summed E-state index contributed by atoms with van der Waals surface area (Å²) in [6.07, 6.45) is 0. The molecule has 3 nitrogen and oxygen atoms in total. The molecule has 108 valence electrons. The molecule has 0 aliphatic rings. The minimum atomic E-state index is -1.07. The first-order chi connectivity index (χ1) is 8.92. The van der Waals surface area contributed by atoms with E-state index < -0.39 is 8.07 Å². The number of benzene rings is 1. The number of aliphatic hydroxyl groups excluding tert-OH is 1. The summed E-state index contributed by atoms with van der Waals surface area (Å²) >= 11 is 0. The van der Waals surface area contributed by atoms with Crippen LogP contribution in [0, 0.1) is 5.82 Å². The molecule has 0 bridgehead atoms. The number of aliphatic hydroxyl groups is 1. The van der Waals surface area contributed by atoms with Gasteiger partial charge in [0.2, 0.25) is 0 Å². The molecule has 0 heterocycles. The second-order valence-electron chi connectivity index (χ2n) is 5.76. The van der Waals surface area contributed by atoms with Crippen molar-refractivity contribution < 1.29 is 19.0 Å². The summed E-state index contributed by atoms with van der Waals surface area (Å²) in [6, 6.07) is 5.38. The Labute approximate surface area is 115 Å². The third-order valence-corrected chi connectivity index (χ3v) is 4.46. The fourth-order valence-electron chi connectivity index (χ4n) is 1.53. The van der Waals surface area contributed by atoms with Gasteiger partial charge in [0.1, 0.15) is 12.6 Å². The molecular weight excluding hydrogens is 263 g/mol. The topological polar surface area (TPSA) is 38.7 Å². The number of hydrogen-bond donors (Lipinski definition) is 1. The summed E-state index contributed by atoms with van der Waals surface area (Å²) in [4.78, 5) is 0. The van der Waals surface area contributed by atoms with Crippen molar-refractivity contribution in [3.05, 3.63) is 35.1 Å². The van der Waals surface area contributed by atoms with Crippen LogP contribution in [0.15, 0.2) is 18.2 Å². The van der Waals surface area contributed by atoms with Gasteiger partial charge in [-0.3, -0.25) is 0 Å². The van der Waals surface area contributed by atoms with Gasteiger partial charge < -0.3 is 14.6 Å². The predicted molar refractivity (Wildman–Crippen MR) is 76.1 cm³/mol. The third kappa shape index (κ3) is 6.82. The van der Waals surface area contributed by atoms with E-state index in [1.807, 2.05) is 0 Å². The molecule has 0 unspecified atom stereocenters. The molecule has 0 amide bonds. The lowest BCUT2D eigenvalue weighted by molar-refractivity contribution is -0.0577. The Kier molecular flexibility index (Phi) is 6.64. The van der Waals surface area contributed by atoms with E-state index in [9.17, 15) is 4.39 Å². The zero-order chi connectivity index (χ0) is 14.3. The van der Waals surface area contributed by atoms with Gasteiger partial charge in [-0.2, -0.15) is 0 Å². The zero-order valence-corrected chi connectivity index (χ0v) is 12.9. The van der Waals surface area contributed by atoms with Crippen molar-refractivity contribution in [2.24, 2.45) is 0 Å². The molecule has 19 heavy (non-hydrogen) atoms. The monoisotopic (exact) mass is 286 g/mol. The highest BCUT2D eigenvalue weighted by molar-refractivity contribution is 6.76. The predicted octanol–water partition coefficient (Wildman–Crippen LogP) is 3.15. The summed E-state index contributed by atoms with van der Waals surface area (Å²) in [5, 5.41) is 9.13. The lowest BCUT2D eigenvalue weighted by Gasteiger charge is -2.15. The van der Waals surface area contributed by atoms with Crippen molar-refractivity contribution in [3.8, 4) is 0 Å². The van der Waals surface area contributed by atoms with E-state index in [0.29, 0.717) is 17.7 Å². The molecule has 1 aromatic rings. The van der Waals surface area contributed by atoms with Gasteiger partial charge in [-0.15, -0.1) is 0 Å². The fraction of sp³-hybridized carbons (Fsp3) is 0.571. The van der Waals surface area contributed by atoms with Crippen molar-refractivity contribution in [3.63, 3.8) is 0 Å². The van der Waals surface area contributed by atoms with Crippen LogP contribution in [0.3, 0.4) is 0 Å². The van der Waals surface area contributed by atoms with Crippen LogP contribution in [0.4, 0.5) is 4.39 Å². The summed E-state index contributed by atoms with van der Waals surface area (Å²) in [5.41, 5.74) is 1.35. The number of hydrogen-bond acceptors (Lipinski definition) is 3. The summed E-state index contributed by atoms with van der Waals surface area (Å²) in [7, 11) is -1.07. The molecule has 0 aromatic heterocycles. The minimum Gasteiger partial charge on any atom is -0.392 e. The molecule has 0 aliphatic carbocycles. The second-order valence-corrected chi connectivity index (χ2v) is 11.4. The van der Waals surface area contributed by atoms with Crippen molar-refractivity contribution in [2.45, 2.75) is 38.9 Å². The zero-order valence-electron chi connectivity index (χ0n) is 11.9. The van der Waals surface area contributed by atoms with Crippen LogP contribution in [0.2, 0.25) is 25.7 Å². The highest BCUT2D eigenvalue weighted by atomic mass is 28.3. The van der Waals surface area contributed by atoms with Gasteiger partial charge in [0, 0.05) is 14.7 Å². The van der Waals surface area contributed by atoms with Gasteiger partial charge in [0.25, 0.3) is 0 Å². The molecular formula is C14H23FO3Si. The van der Waals surface area contributed by atoms with Crippen LogP contribution in [0.1, 0.15) is 11.1 Å². The Morgan fingerprint density at radius 2 is 1.89 bits per heavy atom. The standard InChI is InChI=1S/C14H23FO3Si/c1-19(2,3)7-6-17-11-18-10-13-8-14(15)5-4-12(13)9-16/h4-5,8,16H,6-7,9-11H2,1-3H3. The molecule has 0 saturated carbocycles. The quantitative estimate of drug-likeness (QED) is 0.453. The smallest absolute Gasteiger partial charge is 0.147 e. The SMILES string of the molecule is C[Si](C)(C)CCOCOCc1cc(F)ccc1CO. The average Bonchev–Trinajstić information content (AvgIpc) is 2.32. The fourth-order valence-corrected chi connectivity index (χ4v) is 2.29. The Balaban J connectivity index is 2.28. The van der Waals surface area contributed by atoms with Crippen molar-refractivity contribution >= 4 is 8.07 Å². The van der Waals surface area contributed by atoms with Crippen LogP contribution in [0.25, 0.3) is 0 Å². The van der Waals surface area contributed by atoms with Crippen LogP contribution in [0.5, 0.6) is 0 Å². The maximum absolute atomic E-state index is 13.1. The molecule has 0 saturated heterocycles. The van der Waals surface area contributed by atoms with Gasteiger partial charge in [-0.05, 0) is 29.3 Å². The maximum Gasteiger partial charge on any atom is 0.147 e. The number of rotatable bonds is 8. The van der Waals surface area contributed by atoms with Crippen LogP contribution in [-0.2, 0) is 22.7 Å². The highest BCUT2D eigenvalue weighted by Gasteiger charge is 2.11. The molecule has 1 rings (SSSR count). The Morgan fingerprint density at radius 3 is 2.53 bits per heavy atom. The van der Waals surface area contributed by atoms with Crippen molar-refractivity contribution in [1.29, 1.82) is 0 Å². The first kappa shape index (κ1) is 16.3. The summed E-state index contributed by atoms with van der Waals surface area (Å²) in [5.74, 6) is -0.324. The van der Waals surface area contributed by atoms with E-state index in [2.05, 4.69) is 19.6 Å². The molecule has 0 fully saturated rings. The Morgan fingerprint density at radius 1 is 1.16 bits per heavy atom. The molecule has 1 aromatic carbocycles. The Bertz CT molecular complexity index is 391. The number of halogens is 1. The van der Waals surface area contributed by atoms with Gasteiger partial charge in [-0.1, -0.05) is 25.7 Å². The molecule has 5 heteroatoms. The van der Waals surface area contributed by atoms with E-state index in [4.69, 9.17) is 14.6 Å².